The molecule has 21 heavy (non-hydrogen) atoms. The van der Waals surface area contributed by atoms with Crippen molar-refractivity contribution < 1.29 is 4.79 Å². The van der Waals surface area contributed by atoms with Crippen LogP contribution in [0, 0.1) is 6.92 Å². The summed E-state index contributed by atoms with van der Waals surface area (Å²) >= 11 is 0. The van der Waals surface area contributed by atoms with Crippen LogP contribution in [-0.2, 0) is 11.3 Å². The first-order valence-electron chi connectivity index (χ1n) is 7.51. The summed E-state index contributed by atoms with van der Waals surface area (Å²) in [5, 5.41) is 0. The van der Waals surface area contributed by atoms with Gasteiger partial charge in [-0.3, -0.25) is 0 Å². The number of carbonyl (C=O) groups is 1. The Morgan fingerprint density at radius 2 is 2.05 bits per heavy atom. The first-order valence-corrected chi connectivity index (χ1v) is 7.51. The number of fused-ring (bicyclic) bond motifs is 1. The van der Waals surface area contributed by atoms with Crippen molar-refractivity contribution in [1.29, 1.82) is 0 Å². The maximum atomic E-state index is 8.00. The van der Waals surface area contributed by atoms with Crippen LogP contribution in [-0.4, -0.2) is 11.7 Å². The molecule has 1 aliphatic carbocycles. The highest BCUT2D eigenvalue weighted by atomic mass is 16.1. The van der Waals surface area contributed by atoms with E-state index in [-0.39, 0.29) is 0 Å². The summed E-state index contributed by atoms with van der Waals surface area (Å²) < 4.78 is 0. The number of rotatable bonds is 2. The molecule has 110 valence electrons. The van der Waals surface area contributed by atoms with E-state index in [1.807, 2.05) is 6.79 Å². The van der Waals surface area contributed by atoms with E-state index in [9.17, 15) is 0 Å². The molecule has 0 aromatic heterocycles. The molecule has 1 aromatic rings. The van der Waals surface area contributed by atoms with E-state index in [0.29, 0.717) is 0 Å². The third-order valence-corrected chi connectivity index (χ3v) is 4.08. The molecule has 0 fully saturated rings. The SMILES string of the molecule is C=O.CCC1=Cc2cccc(C)c2CN1C1=CCCC=C1. The normalized spacial score (nSPS) is 16.4. The smallest absolute Gasteiger partial charge is 0.106 e. The number of hydrogen-bond donors (Lipinski definition) is 0. The third-order valence-electron chi connectivity index (χ3n) is 4.08. The molecule has 0 bridgehead atoms. The maximum Gasteiger partial charge on any atom is 0.106 e. The van der Waals surface area contributed by atoms with E-state index in [1.165, 1.54) is 40.9 Å². The predicted molar refractivity (Wildman–Crippen MR) is 88.6 cm³/mol. The van der Waals surface area contributed by atoms with Gasteiger partial charge in [0, 0.05) is 17.9 Å². The van der Waals surface area contributed by atoms with Gasteiger partial charge in [-0.2, -0.15) is 0 Å². The number of allylic oxidation sites excluding steroid dienone is 4. The van der Waals surface area contributed by atoms with Crippen LogP contribution in [0.25, 0.3) is 6.08 Å². The van der Waals surface area contributed by atoms with Gasteiger partial charge in [-0.15, -0.1) is 0 Å². The molecule has 0 atom stereocenters. The maximum absolute atomic E-state index is 8.00. The molecule has 0 saturated carbocycles. The zero-order valence-electron chi connectivity index (χ0n) is 12.9. The lowest BCUT2D eigenvalue weighted by molar-refractivity contribution is -0.0979. The van der Waals surface area contributed by atoms with Crippen LogP contribution in [0.4, 0.5) is 0 Å². The zero-order chi connectivity index (χ0) is 15.2. The summed E-state index contributed by atoms with van der Waals surface area (Å²) in [4.78, 5) is 10.5. The van der Waals surface area contributed by atoms with Crippen LogP contribution in [0.5, 0.6) is 0 Å². The Balaban J connectivity index is 0.000000774. The molecule has 0 unspecified atom stereocenters. The quantitative estimate of drug-likeness (QED) is 0.789. The van der Waals surface area contributed by atoms with Crippen LogP contribution < -0.4 is 0 Å². The summed E-state index contributed by atoms with van der Waals surface area (Å²) in [6, 6.07) is 6.61. The van der Waals surface area contributed by atoms with Gasteiger partial charge < -0.3 is 9.69 Å². The molecule has 0 radical (unpaired) electrons. The van der Waals surface area contributed by atoms with Gasteiger partial charge >= 0.3 is 0 Å². The molecule has 2 aliphatic rings. The lowest BCUT2D eigenvalue weighted by Crippen LogP contribution is -2.25. The van der Waals surface area contributed by atoms with Gasteiger partial charge in [0.2, 0.25) is 0 Å². The number of carbonyl (C=O) groups excluding carboxylic acids is 1. The minimum atomic E-state index is 1.01. The zero-order valence-corrected chi connectivity index (χ0v) is 12.9. The molecule has 2 nitrogen and oxygen atoms in total. The lowest BCUT2D eigenvalue weighted by atomic mass is 9.95. The predicted octanol–water partition coefficient (Wildman–Crippen LogP) is 4.61. The van der Waals surface area contributed by atoms with E-state index >= 15 is 0 Å². The Morgan fingerprint density at radius 1 is 1.24 bits per heavy atom. The minimum absolute atomic E-state index is 1.01. The second-order valence-electron chi connectivity index (χ2n) is 5.33. The highest BCUT2D eigenvalue weighted by Crippen LogP contribution is 2.32. The Bertz CT molecular complexity index is 596. The first kappa shape index (κ1) is 15.3. The summed E-state index contributed by atoms with van der Waals surface area (Å²) in [7, 11) is 0. The average Bonchev–Trinajstić information content (AvgIpc) is 2.57. The van der Waals surface area contributed by atoms with Crippen molar-refractivity contribution in [1.82, 2.24) is 4.90 Å². The third kappa shape index (κ3) is 3.15. The first-order chi connectivity index (χ1) is 10.3. The number of nitrogens with zero attached hydrogens (tertiary/aromatic N) is 1. The molecule has 0 N–H and O–H groups in total. The van der Waals surface area contributed by atoms with Crippen molar-refractivity contribution in [3.8, 4) is 0 Å². The van der Waals surface area contributed by atoms with Gasteiger partial charge in [-0.05, 0) is 55.0 Å². The van der Waals surface area contributed by atoms with Crippen molar-refractivity contribution >= 4 is 12.9 Å². The molecular weight excluding hydrogens is 258 g/mol. The lowest BCUT2D eigenvalue weighted by Gasteiger charge is -2.34. The fraction of sp³-hybridized carbons (Fsp3) is 0.316. The van der Waals surface area contributed by atoms with Crippen LogP contribution in [0.2, 0.25) is 0 Å². The van der Waals surface area contributed by atoms with E-state index in [4.69, 9.17) is 4.79 Å². The highest BCUT2D eigenvalue weighted by molar-refractivity contribution is 5.61. The van der Waals surface area contributed by atoms with Crippen molar-refractivity contribution in [2.45, 2.75) is 39.7 Å². The molecule has 2 heteroatoms. The topological polar surface area (TPSA) is 20.3 Å². The van der Waals surface area contributed by atoms with Gasteiger partial charge in [0.1, 0.15) is 6.79 Å². The fourth-order valence-corrected chi connectivity index (χ4v) is 2.94. The van der Waals surface area contributed by atoms with Crippen molar-refractivity contribution in [2.75, 3.05) is 0 Å². The van der Waals surface area contributed by atoms with Crippen LogP contribution in [0.15, 0.2) is 47.8 Å². The van der Waals surface area contributed by atoms with Gasteiger partial charge in [0.15, 0.2) is 0 Å². The largest absolute Gasteiger partial charge is 0.341 e. The van der Waals surface area contributed by atoms with E-state index in [1.54, 1.807) is 0 Å². The van der Waals surface area contributed by atoms with Gasteiger partial charge in [0.05, 0.1) is 0 Å². The molecule has 1 heterocycles. The Labute approximate surface area is 127 Å². The average molecular weight is 281 g/mol. The van der Waals surface area contributed by atoms with Crippen LogP contribution >= 0.6 is 0 Å². The summed E-state index contributed by atoms with van der Waals surface area (Å²) in [5.41, 5.74) is 7.06. The Morgan fingerprint density at radius 3 is 2.71 bits per heavy atom. The minimum Gasteiger partial charge on any atom is -0.341 e. The van der Waals surface area contributed by atoms with Crippen molar-refractivity contribution in [2.24, 2.45) is 0 Å². The van der Waals surface area contributed by atoms with E-state index in [2.05, 4.69) is 61.3 Å². The van der Waals surface area contributed by atoms with Gasteiger partial charge in [-0.25, -0.2) is 0 Å². The number of hydrogen-bond acceptors (Lipinski definition) is 2. The Hall–Kier alpha value is -2.09. The monoisotopic (exact) mass is 281 g/mol. The fourth-order valence-electron chi connectivity index (χ4n) is 2.94. The highest BCUT2D eigenvalue weighted by Gasteiger charge is 2.20. The van der Waals surface area contributed by atoms with Crippen LogP contribution in [0.1, 0.15) is 42.9 Å². The molecule has 0 amide bonds. The standard InChI is InChI=1S/C18H21N.CH2O/c1-3-16-12-15-9-7-8-14(2)18(15)13-19(16)17-10-5-4-6-11-17;1-2/h5,7-12H,3-4,6,13H2,1-2H3;1H2. The van der Waals surface area contributed by atoms with Gasteiger partial charge in [0.25, 0.3) is 0 Å². The van der Waals surface area contributed by atoms with E-state index in [0.717, 1.165) is 13.0 Å². The summed E-state index contributed by atoms with van der Waals surface area (Å²) in [6.45, 7) is 7.47. The molecule has 0 spiro atoms. The second kappa shape index (κ2) is 7.07. The second-order valence-corrected chi connectivity index (χ2v) is 5.33. The molecule has 0 saturated heterocycles. The Kier molecular flexibility index (Phi) is 5.15. The van der Waals surface area contributed by atoms with E-state index < -0.39 is 0 Å². The van der Waals surface area contributed by atoms with Crippen LogP contribution in [0.3, 0.4) is 0 Å². The van der Waals surface area contributed by atoms with Gasteiger partial charge in [-0.1, -0.05) is 37.3 Å². The molecular formula is C19H23NO. The summed E-state index contributed by atoms with van der Waals surface area (Å²) in [6.07, 6.45) is 12.7. The molecule has 3 rings (SSSR count). The van der Waals surface area contributed by atoms with Crippen molar-refractivity contribution in [3.05, 3.63) is 64.5 Å². The molecule has 1 aliphatic heterocycles. The number of aryl methyl sites for hydroxylation is 1. The van der Waals surface area contributed by atoms with Crippen molar-refractivity contribution in [3.63, 3.8) is 0 Å². The number of benzene rings is 1. The summed E-state index contributed by atoms with van der Waals surface area (Å²) in [5.74, 6) is 0. The molecule has 1 aromatic carbocycles.